The number of benzene rings is 2. The molecule has 0 unspecified atom stereocenters. The van der Waals surface area contributed by atoms with Crippen molar-refractivity contribution in [3.8, 4) is 17.2 Å². The molecule has 34 heavy (non-hydrogen) atoms. The van der Waals surface area contributed by atoms with Crippen molar-refractivity contribution in [1.82, 2.24) is 5.32 Å². The molecule has 0 aliphatic heterocycles. The summed E-state index contributed by atoms with van der Waals surface area (Å²) in [5, 5.41) is 15.9. The molecular formula is C25H31ClN2O6. The van der Waals surface area contributed by atoms with Crippen LogP contribution in [-0.2, 0) is 4.74 Å². The summed E-state index contributed by atoms with van der Waals surface area (Å²) in [6.07, 6.45) is 1.83. The predicted octanol–water partition coefficient (Wildman–Crippen LogP) is 5.38. The molecule has 0 radical (unpaired) electrons. The van der Waals surface area contributed by atoms with Gasteiger partial charge in [-0.25, -0.2) is 4.79 Å². The van der Waals surface area contributed by atoms with Crippen LogP contribution in [0.3, 0.4) is 0 Å². The summed E-state index contributed by atoms with van der Waals surface area (Å²) in [4.78, 5) is 24.5. The van der Waals surface area contributed by atoms with Gasteiger partial charge < -0.3 is 30.0 Å². The number of phenols is 1. The van der Waals surface area contributed by atoms with E-state index >= 15 is 0 Å². The van der Waals surface area contributed by atoms with E-state index in [9.17, 15) is 14.7 Å². The van der Waals surface area contributed by atoms with Crippen LogP contribution in [0.1, 0.15) is 50.9 Å². The SMILES string of the molecule is C[C@@H](COc1ccc(NC(=O)c2ccc(OCC3CC3)cc2Cl)c(O)c1)NC(=O)OC(C)(C)C. The summed E-state index contributed by atoms with van der Waals surface area (Å²) in [6.45, 7) is 7.93. The van der Waals surface area contributed by atoms with E-state index in [4.69, 9.17) is 25.8 Å². The van der Waals surface area contributed by atoms with Gasteiger partial charge in [0, 0.05) is 6.07 Å². The van der Waals surface area contributed by atoms with Crippen LogP contribution in [0.4, 0.5) is 10.5 Å². The number of carbonyl (C=O) groups is 2. The van der Waals surface area contributed by atoms with Crippen LogP contribution in [0.2, 0.25) is 5.02 Å². The van der Waals surface area contributed by atoms with Crippen LogP contribution in [0.25, 0.3) is 0 Å². The molecule has 2 aromatic rings. The first kappa shape index (κ1) is 25.5. The van der Waals surface area contributed by atoms with Crippen molar-refractivity contribution < 1.29 is 28.9 Å². The van der Waals surface area contributed by atoms with E-state index in [-0.39, 0.29) is 34.7 Å². The summed E-state index contributed by atoms with van der Waals surface area (Å²) in [7, 11) is 0. The van der Waals surface area contributed by atoms with E-state index in [0.717, 1.165) is 0 Å². The molecule has 2 aromatic carbocycles. The van der Waals surface area contributed by atoms with E-state index in [1.165, 1.54) is 25.0 Å². The number of rotatable bonds is 9. The molecule has 0 aromatic heterocycles. The lowest BCUT2D eigenvalue weighted by Gasteiger charge is -2.22. The highest BCUT2D eigenvalue weighted by Crippen LogP contribution is 2.32. The number of carbonyl (C=O) groups excluding carboxylic acids is 2. The Morgan fingerprint density at radius 1 is 1.12 bits per heavy atom. The molecule has 1 aliphatic carbocycles. The van der Waals surface area contributed by atoms with Gasteiger partial charge in [0.25, 0.3) is 5.91 Å². The fraction of sp³-hybridized carbons (Fsp3) is 0.440. The Kier molecular flexibility index (Phi) is 8.15. The molecule has 8 nitrogen and oxygen atoms in total. The molecule has 9 heteroatoms. The number of hydrogen-bond acceptors (Lipinski definition) is 6. The highest BCUT2D eigenvalue weighted by molar-refractivity contribution is 6.34. The fourth-order valence-corrected chi connectivity index (χ4v) is 3.19. The summed E-state index contributed by atoms with van der Waals surface area (Å²) in [6, 6.07) is 9.09. The van der Waals surface area contributed by atoms with Gasteiger partial charge in [-0.15, -0.1) is 0 Å². The summed E-state index contributed by atoms with van der Waals surface area (Å²) < 4.78 is 16.5. The van der Waals surface area contributed by atoms with Crippen LogP contribution in [0.15, 0.2) is 36.4 Å². The van der Waals surface area contributed by atoms with Crippen molar-refractivity contribution in [3.63, 3.8) is 0 Å². The maximum atomic E-state index is 12.6. The predicted molar refractivity (Wildman–Crippen MR) is 130 cm³/mol. The van der Waals surface area contributed by atoms with Crippen LogP contribution < -0.4 is 20.1 Å². The Morgan fingerprint density at radius 2 is 1.79 bits per heavy atom. The smallest absolute Gasteiger partial charge is 0.407 e. The Bertz CT molecular complexity index is 1030. The van der Waals surface area contributed by atoms with Gasteiger partial charge in [-0.2, -0.15) is 0 Å². The number of anilines is 1. The third-order valence-corrected chi connectivity index (χ3v) is 5.16. The molecule has 3 rings (SSSR count). The minimum atomic E-state index is -0.590. The van der Waals surface area contributed by atoms with Gasteiger partial charge >= 0.3 is 6.09 Å². The van der Waals surface area contributed by atoms with Gasteiger partial charge in [0.15, 0.2) is 0 Å². The number of alkyl carbamates (subject to hydrolysis) is 1. The lowest BCUT2D eigenvalue weighted by molar-refractivity contribution is 0.0493. The molecule has 0 heterocycles. The second-order valence-electron chi connectivity index (χ2n) is 9.39. The Morgan fingerprint density at radius 3 is 2.41 bits per heavy atom. The number of aromatic hydroxyl groups is 1. The van der Waals surface area contributed by atoms with E-state index in [0.29, 0.717) is 24.0 Å². The topological polar surface area (TPSA) is 106 Å². The second kappa shape index (κ2) is 10.9. The highest BCUT2D eigenvalue weighted by Gasteiger charge is 2.22. The van der Waals surface area contributed by atoms with Gasteiger partial charge in [0.1, 0.15) is 29.5 Å². The highest BCUT2D eigenvalue weighted by atomic mass is 35.5. The monoisotopic (exact) mass is 490 g/mol. The molecule has 0 saturated heterocycles. The largest absolute Gasteiger partial charge is 0.506 e. The van der Waals surface area contributed by atoms with Gasteiger partial charge in [0.2, 0.25) is 0 Å². The minimum Gasteiger partial charge on any atom is -0.506 e. The van der Waals surface area contributed by atoms with Crippen LogP contribution >= 0.6 is 11.6 Å². The van der Waals surface area contributed by atoms with Crippen molar-refractivity contribution in [2.45, 2.75) is 52.2 Å². The first-order valence-corrected chi connectivity index (χ1v) is 11.6. The van der Waals surface area contributed by atoms with Gasteiger partial charge in [-0.3, -0.25) is 4.79 Å². The molecule has 0 spiro atoms. The van der Waals surface area contributed by atoms with Crippen molar-refractivity contribution in [1.29, 1.82) is 0 Å². The number of hydrogen-bond donors (Lipinski definition) is 3. The average molecular weight is 491 g/mol. The maximum absolute atomic E-state index is 12.6. The van der Waals surface area contributed by atoms with Gasteiger partial charge in [-0.05, 0) is 76.8 Å². The number of amides is 2. The third-order valence-electron chi connectivity index (χ3n) is 4.85. The number of nitrogens with one attached hydrogen (secondary N) is 2. The molecule has 184 valence electrons. The quantitative estimate of drug-likeness (QED) is 0.407. The van der Waals surface area contributed by atoms with Crippen molar-refractivity contribution >= 4 is 29.3 Å². The number of halogens is 1. The summed E-state index contributed by atoms with van der Waals surface area (Å²) >= 11 is 6.27. The molecule has 1 aliphatic rings. The van der Waals surface area contributed by atoms with E-state index < -0.39 is 17.6 Å². The van der Waals surface area contributed by atoms with Crippen molar-refractivity contribution in [2.24, 2.45) is 5.92 Å². The maximum Gasteiger partial charge on any atom is 0.407 e. The first-order valence-electron chi connectivity index (χ1n) is 11.2. The summed E-state index contributed by atoms with van der Waals surface area (Å²) in [5.41, 5.74) is -0.114. The Labute approximate surface area is 204 Å². The van der Waals surface area contributed by atoms with Gasteiger partial charge in [0.05, 0.1) is 28.9 Å². The first-order chi connectivity index (χ1) is 16.0. The molecule has 3 N–H and O–H groups in total. The molecular weight excluding hydrogens is 460 g/mol. The lowest BCUT2D eigenvalue weighted by atomic mass is 10.2. The van der Waals surface area contributed by atoms with Crippen LogP contribution in [0.5, 0.6) is 17.2 Å². The standard InChI is InChI=1S/C25H31ClN2O6/c1-15(27-24(31)34-25(2,3)4)13-32-18-8-10-21(22(29)12-18)28-23(30)19-9-7-17(11-20(19)26)33-14-16-5-6-16/h7-12,15-16,29H,5-6,13-14H2,1-4H3,(H,27,31)(H,28,30)/t15-/m0/s1. The zero-order chi connectivity index (χ0) is 24.9. The normalized spacial score (nSPS) is 14.1. The molecule has 2 amide bonds. The zero-order valence-electron chi connectivity index (χ0n) is 19.8. The van der Waals surface area contributed by atoms with Crippen molar-refractivity contribution in [2.75, 3.05) is 18.5 Å². The Hall–Kier alpha value is -3.13. The van der Waals surface area contributed by atoms with Crippen LogP contribution in [0, 0.1) is 5.92 Å². The summed E-state index contributed by atoms with van der Waals surface area (Å²) in [5.74, 6) is 0.981. The number of ether oxygens (including phenoxy) is 3. The van der Waals surface area contributed by atoms with E-state index in [1.807, 2.05) is 0 Å². The average Bonchev–Trinajstić information content (AvgIpc) is 3.55. The Balaban J connectivity index is 1.52. The van der Waals surface area contributed by atoms with E-state index in [2.05, 4.69) is 10.6 Å². The fourth-order valence-electron chi connectivity index (χ4n) is 2.94. The third kappa shape index (κ3) is 8.02. The lowest BCUT2D eigenvalue weighted by Crippen LogP contribution is -2.40. The van der Waals surface area contributed by atoms with E-state index in [1.54, 1.807) is 52.0 Å². The second-order valence-corrected chi connectivity index (χ2v) is 9.79. The van der Waals surface area contributed by atoms with Crippen molar-refractivity contribution in [3.05, 3.63) is 47.0 Å². The molecule has 1 saturated carbocycles. The molecule has 1 fully saturated rings. The molecule has 0 bridgehead atoms. The number of phenolic OH excluding ortho intramolecular Hbond substituents is 1. The van der Waals surface area contributed by atoms with Gasteiger partial charge in [-0.1, -0.05) is 11.6 Å². The molecule has 1 atom stereocenters. The zero-order valence-corrected chi connectivity index (χ0v) is 20.6. The van der Waals surface area contributed by atoms with Crippen LogP contribution in [-0.4, -0.2) is 42.0 Å². The minimum absolute atomic E-state index is 0.162.